The molecule has 0 atom stereocenters. The minimum Gasteiger partial charge on any atom is -0.496 e. The summed E-state index contributed by atoms with van der Waals surface area (Å²) in [5.41, 5.74) is 2.13. The molecular weight excluding hydrogens is 403 g/mol. The number of anilines is 1. The highest BCUT2D eigenvalue weighted by Crippen LogP contribution is 2.36. The summed E-state index contributed by atoms with van der Waals surface area (Å²) < 4.78 is 19.5. The lowest BCUT2D eigenvalue weighted by Crippen LogP contribution is -2.29. The number of thioether (sulfide) groups is 1. The van der Waals surface area contributed by atoms with E-state index in [1.165, 1.54) is 25.3 Å². The van der Waals surface area contributed by atoms with Crippen LogP contribution in [-0.4, -0.2) is 36.2 Å². The molecule has 0 aliphatic carbocycles. The minimum absolute atomic E-state index is 0.0836. The molecule has 30 heavy (non-hydrogen) atoms. The molecule has 2 aliphatic heterocycles. The number of carbonyl (C=O) groups excluding carboxylic acids is 2. The minimum atomic E-state index is -0.435. The van der Waals surface area contributed by atoms with Crippen LogP contribution >= 0.6 is 11.8 Å². The number of carbonyl (C=O) groups is 2. The monoisotopic (exact) mass is 426 g/mol. The highest BCUT2D eigenvalue weighted by molar-refractivity contribution is 8.18. The van der Waals surface area contributed by atoms with E-state index in [1.54, 1.807) is 31.4 Å². The van der Waals surface area contributed by atoms with E-state index in [2.05, 4.69) is 4.90 Å². The van der Waals surface area contributed by atoms with Crippen LogP contribution in [0.25, 0.3) is 6.08 Å². The zero-order valence-electron chi connectivity index (χ0n) is 16.8. The second-order valence-corrected chi connectivity index (χ2v) is 8.33. The summed E-state index contributed by atoms with van der Waals surface area (Å²) in [4.78, 5) is 28.9. The lowest BCUT2D eigenvalue weighted by atomic mass is 10.1. The maximum atomic E-state index is 13.9. The van der Waals surface area contributed by atoms with Gasteiger partial charge >= 0.3 is 0 Å². The first-order valence-electron chi connectivity index (χ1n) is 9.98. The largest absolute Gasteiger partial charge is 0.496 e. The first-order chi connectivity index (χ1) is 14.6. The van der Waals surface area contributed by atoms with E-state index >= 15 is 0 Å². The van der Waals surface area contributed by atoms with Gasteiger partial charge in [-0.1, -0.05) is 18.2 Å². The number of benzene rings is 2. The fourth-order valence-corrected chi connectivity index (χ4v) is 4.57. The molecule has 0 N–H and O–H groups in total. The summed E-state index contributed by atoms with van der Waals surface area (Å²) in [6.07, 6.45) is 5.29. The third kappa shape index (κ3) is 4.21. The van der Waals surface area contributed by atoms with Crippen LogP contribution in [0.2, 0.25) is 0 Å². The van der Waals surface area contributed by atoms with Gasteiger partial charge in [-0.2, -0.15) is 0 Å². The Bertz CT molecular complexity index is 1000. The number of nitrogens with zero attached hydrogens (tertiary/aromatic N) is 2. The lowest BCUT2D eigenvalue weighted by Gasteiger charge is -2.29. The van der Waals surface area contributed by atoms with Crippen molar-refractivity contribution >= 4 is 34.7 Å². The van der Waals surface area contributed by atoms with E-state index in [4.69, 9.17) is 4.74 Å². The second kappa shape index (κ2) is 8.92. The fourth-order valence-electron chi connectivity index (χ4n) is 3.74. The molecule has 2 heterocycles. The van der Waals surface area contributed by atoms with Gasteiger partial charge in [0, 0.05) is 36.0 Å². The SMILES string of the molecule is COc1cc(N2CCCCC2)ccc1/C=C1\SC(=O)N(Cc2ccccc2F)C1=O. The van der Waals surface area contributed by atoms with Crippen LogP contribution < -0.4 is 9.64 Å². The highest BCUT2D eigenvalue weighted by Gasteiger charge is 2.35. The van der Waals surface area contributed by atoms with Gasteiger partial charge in [-0.15, -0.1) is 0 Å². The Balaban J connectivity index is 1.56. The average molecular weight is 427 g/mol. The van der Waals surface area contributed by atoms with Crippen molar-refractivity contribution in [2.24, 2.45) is 0 Å². The molecule has 0 saturated carbocycles. The fraction of sp³-hybridized carbons (Fsp3) is 0.304. The quantitative estimate of drug-likeness (QED) is 0.626. The predicted molar refractivity (Wildman–Crippen MR) is 117 cm³/mol. The van der Waals surface area contributed by atoms with Crippen LogP contribution in [0.4, 0.5) is 14.9 Å². The molecular formula is C23H23FN2O3S. The molecule has 2 aromatic carbocycles. The average Bonchev–Trinajstić information content (AvgIpc) is 3.03. The van der Waals surface area contributed by atoms with Gasteiger partial charge in [-0.25, -0.2) is 4.39 Å². The normalized spacial score (nSPS) is 18.4. The van der Waals surface area contributed by atoms with Crippen LogP contribution in [0.15, 0.2) is 47.4 Å². The van der Waals surface area contributed by atoms with Gasteiger partial charge in [-0.3, -0.25) is 14.5 Å². The van der Waals surface area contributed by atoms with E-state index in [0.29, 0.717) is 16.2 Å². The molecule has 2 amide bonds. The molecule has 0 aromatic heterocycles. The Kier molecular flexibility index (Phi) is 6.08. The zero-order chi connectivity index (χ0) is 21.1. The highest BCUT2D eigenvalue weighted by atomic mass is 32.2. The van der Waals surface area contributed by atoms with Crippen molar-refractivity contribution in [1.29, 1.82) is 0 Å². The molecule has 4 rings (SSSR count). The molecule has 156 valence electrons. The van der Waals surface area contributed by atoms with Crippen LogP contribution in [0.5, 0.6) is 5.75 Å². The lowest BCUT2D eigenvalue weighted by molar-refractivity contribution is -0.123. The first kappa shape index (κ1) is 20.5. The van der Waals surface area contributed by atoms with E-state index < -0.39 is 17.0 Å². The van der Waals surface area contributed by atoms with Gasteiger partial charge in [0.15, 0.2) is 0 Å². The third-order valence-corrected chi connectivity index (χ3v) is 6.29. The summed E-state index contributed by atoms with van der Waals surface area (Å²) in [6, 6.07) is 12.1. The van der Waals surface area contributed by atoms with E-state index in [9.17, 15) is 14.0 Å². The van der Waals surface area contributed by atoms with Crippen molar-refractivity contribution in [1.82, 2.24) is 4.90 Å². The molecule has 7 heteroatoms. The van der Waals surface area contributed by atoms with Crippen LogP contribution in [0.3, 0.4) is 0 Å². The first-order valence-corrected chi connectivity index (χ1v) is 10.8. The molecule has 2 fully saturated rings. The summed E-state index contributed by atoms with van der Waals surface area (Å²) in [6.45, 7) is 1.97. The number of hydrogen-bond acceptors (Lipinski definition) is 5. The Labute approximate surface area is 179 Å². The Hall–Kier alpha value is -2.80. The van der Waals surface area contributed by atoms with Crippen molar-refractivity contribution in [3.05, 3.63) is 64.3 Å². The Morgan fingerprint density at radius 1 is 1.10 bits per heavy atom. The van der Waals surface area contributed by atoms with Crippen LogP contribution in [-0.2, 0) is 11.3 Å². The van der Waals surface area contributed by atoms with Crippen molar-refractivity contribution in [2.45, 2.75) is 25.8 Å². The predicted octanol–water partition coefficient (Wildman–Crippen LogP) is 5.06. The zero-order valence-corrected chi connectivity index (χ0v) is 17.6. The van der Waals surface area contributed by atoms with Gasteiger partial charge < -0.3 is 9.64 Å². The Morgan fingerprint density at radius 3 is 2.60 bits per heavy atom. The van der Waals surface area contributed by atoms with Crippen LogP contribution in [0, 0.1) is 5.82 Å². The molecule has 5 nitrogen and oxygen atoms in total. The number of methoxy groups -OCH3 is 1. The van der Waals surface area contributed by atoms with Crippen molar-refractivity contribution in [3.63, 3.8) is 0 Å². The second-order valence-electron chi connectivity index (χ2n) is 7.33. The van der Waals surface area contributed by atoms with Crippen molar-refractivity contribution in [3.8, 4) is 5.75 Å². The number of halogens is 1. The molecule has 0 bridgehead atoms. The van der Waals surface area contributed by atoms with Gasteiger partial charge in [0.1, 0.15) is 11.6 Å². The third-order valence-electron chi connectivity index (χ3n) is 5.38. The molecule has 2 aromatic rings. The van der Waals surface area contributed by atoms with Gasteiger partial charge in [0.25, 0.3) is 11.1 Å². The van der Waals surface area contributed by atoms with Crippen molar-refractivity contribution < 1.29 is 18.7 Å². The molecule has 0 radical (unpaired) electrons. The number of piperidine rings is 1. The summed E-state index contributed by atoms with van der Waals surface area (Å²) >= 11 is 0.863. The van der Waals surface area contributed by atoms with E-state index in [-0.39, 0.29) is 6.54 Å². The maximum absolute atomic E-state index is 13.9. The molecule has 0 spiro atoms. The smallest absolute Gasteiger partial charge is 0.293 e. The summed E-state index contributed by atoms with van der Waals surface area (Å²) in [5.74, 6) is -0.204. The summed E-state index contributed by atoms with van der Waals surface area (Å²) in [5, 5.41) is -0.404. The van der Waals surface area contributed by atoms with Crippen molar-refractivity contribution in [2.75, 3.05) is 25.1 Å². The maximum Gasteiger partial charge on any atom is 0.293 e. The van der Waals surface area contributed by atoms with Gasteiger partial charge in [-0.05, 0) is 55.3 Å². The Morgan fingerprint density at radius 2 is 1.87 bits per heavy atom. The van der Waals surface area contributed by atoms with Gasteiger partial charge in [0.2, 0.25) is 0 Å². The van der Waals surface area contributed by atoms with E-state index in [0.717, 1.165) is 41.0 Å². The standard InChI is InChI=1S/C23H23FN2O3S/c1-29-20-14-18(25-11-5-2-6-12-25)10-9-16(20)13-21-22(27)26(23(28)30-21)15-17-7-3-4-8-19(17)24/h3-4,7-10,13-14H,2,5-6,11-12,15H2,1H3/b21-13-. The molecule has 2 aliphatic rings. The van der Waals surface area contributed by atoms with Crippen LogP contribution in [0.1, 0.15) is 30.4 Å². The summed E-state index contributed by atoms with van der Waals surface area (Å²) in [7, 11) is 1.59. The number of amides is 2. The number of ether oxygens (including phenoxy) is 1. The number of rotatable bonds is 5. The topological polar surface area (TPSA) is 49.9 Å². The molecule has 2 saturated heterocycles. The van der Waals surface area contributed by atoms with Gasteiger partial charge in [0.05, 0.1) is 18.6 Å². The number of imide groups is 1. The number of hydrogen-bond donors (Lipinski definition) is 0. The molecule has 0 unspecified atom stereocenters. The van der Waals surface area contributed by atoms with E-state index in [1.807, 2.05) is 18.2 Å².